The van der Waals surface area contributed by atoms with Crippen LogP contribution in [0.1, 0.15) is 13.3 Å². The summed E-state index contributed by atoms with van der Waals surface area (Å²) in [7, 11) is -6.97. The Hall–Kier alpha value is -0.250. The molecule has 0 aliphatic heterocycles. The summed E-state index contributed by atoms with van der Waals surface area (Å²) in [5.41, 5.74) is 5.32. The number of hydrogen-bond donors (Lipinski definition) is 2. The summed E-state index contributed by atoms with van der Waals surface area (Å²) in [5, 5.41) is 0. The summed E-state index contributed by atoms with van der Waals surface area (Å²) in [6.45, 7) is 1.73. The van der Waals surface area contributed by atoms with Crippen LogP contribution in [0.5, 0.6) is 0 Å². The molecule has 0 aromatic heterocycles. The molecule has 96 valence electrons. The van der Waals surface area contributed by atoms with Crippen molar-refractivity contribution in [3.63, 3.8) is 0 Å². The highest BCUT2D eigenvalue weighted by Gasteiger charge is 2.20. The lowest BCUT2D eigenvalue weighted by Crippen LogP contribution is -2.44. The Labute approximate surface area is 102 Å². The summed E-state index contributed by atoms with van der Waals surface area (Å²) in [6, 6.07) is -0.625. The molecule has 0 bridgehead atoms. The number of hydrogen-bond acceptors (Lipinski definition) is 5. The quantitative estimate of drug-likeness (QED) is 0.583. The summed E-state index contributed by atoms with van der Waals surface area (Å²) in [5.74, 6) is -0.902. The van der Waals surface area contributed by atoms with Crippen molar-refractivity contribution in [2.75, 3.05) is 17.8 Å². The van der Waals surface area contributed by atoms with Crippen LogP contribution in [-0.2, 0) is 19.9 Å². The van der Waals surface area contributed by atoms with E-state index in [0.717, 1.165) is 6.26 Å². The van der Waals surface area contributed by atoms with Crippen molar-refractivity contribution in [1.29, 1.82) is 0 Å². The molecule has 16 heavy (non-hydrogen) atoms. The van der Waals surface area contributed by atoms with E-state index < -0.39 is 37.4 Å². The second-order valence-electron chi connectivity index (χ2n) is 3.43. The van der Waals surface area contributed by atoms with Gasteiger partial charge in [-0.3, -0.25) is 0 Å². The number of nitrogens with two attached hydrogens (primary N) is 1. The van der Waals surface area contributed by atoms with Gasteiger partial charge in [0.1, 0.15) is 9.84 Å². The molecular formula is C7H16N2O4S3. The standard InChI is InChI=1S/C7H16N2O4S3/c1-3-6(7(8)14)9-16(12,13)5-4-15(2,10)11/h6,9H,3-5H2,1-2H3,(H2,8,14). The van der Waals surface area contributed by atoms with Crippen molar-refractivity contribution in [1.82, 2.24) is 4.72 Å². The third kappa shape index (κ3) is 7.09. The lowest BCUT2D eigenvalue weighted by Gasteiger charge is -2.15. The van der Waals surface area contributed by atoms with Gasteiger partial charge in [-0.25, -0.2) is 21.6 Å². The Balaban J connectivity index is 4.52. The van der Waals surface area contributed by atoms with Gasteiger partial charge in [0.05, 0.1) is 22.5 Å². The van der Waals surface area contributed by atoms with Crippen LogP contribution >= 0.6 is 12.2 Å². The predicted octanol–water partition coefficient (Wildman–Crippen LogP) is -0.985. The Morgan fingerprint density at radius 2 is 1.81 bits per heavy atom. The monoisotopic (exact) mass is 288 g/mol. The van der Waals surface area contributed by atoms with Crippen LogP contribution in [0.3, 0.4) is 0 Å². The van der Waals surface area contributed by atoms with E-state index in [1.807, 2.05) is 0 Å². The third-order valence-electron chi connectivity index (χ3n) is 1.80. The van der Waals surface area contributed by atoms with Gasteiger partial charge in [-0.05, 0) is 6.42 Å². The van der Waals surface area contributed by atoms with Crippen molar-refractivity contribution in [3.8, 4) is 0 Å². The normalized spacial score (nSPS) is 14.6. The first kappa shape index (κ1) is 15.8. The lowest BCUT2D eigenvalue weighted by atomic mass is 10.2. The molecule has 0 fully saturated rings. The Kier molecular flexibility index (Phi) is 5.80. The van der Waals surface area contributed by atoms with Crippen LogP contribution in [0.15, 0.2) is 0 Å². The summed E-state index contributed by atoms with van der Waals surface area (Å²) >= 11 is 4.67. The molecule has 0 aliphatic carbocycles. The number of sulfonamides is 1. The van der Waals surface area contributed by atoms with E-state index in [0.29, 0.717) is 6.42 Å². The molecule has 1 unspecified atom stereocenters. The summed E-state index contributed by atoms with van der Waals surface area (Å²) in [6.07, 6.45) is 1.40. The molecule has 1 atom stereocenters. The van der Waals surface area contributed by atoms with Crippen LogP contribution in [0.4, 0.5) is 0 Å². The molecule has 6 nitrogen and oxygen atoms in total. The minimum absolute atomic E-state index is 0.0467. The largest absolute Gasteiger partial charge is 0.392 e. The number of nitrogens with one attached hydrogen (secondary N) is 1. The van der Waals surface area contributed by atoms with Crippen molar-refractivity contribution in [2.45, 2.75) is 19.4 Å². The van der Waals surface area contributed by atoms with Crippen LogP contribution in [-0.4, -0.2) is 45.6 Å². The topological polar surface area (TPSA) is 106 Å². The third-order valence-corrected chi connectivity index (χ3v) is 4.67. The van der Waals surface area contributed by atoms with Crippen LogP contribution < -0.4 is 10.5 Å². The van der Waals surface area contributed by atoms with Crippen LogP contribution in [0, 0.1) is 0 Å². The molecule has 3 N–H and O–H groups in total. The Morgan fingerprint density at radius 3 is 2.12 bits per heavy atom. The van der Waals surface area contributed by atoms with E-state index in [-0.39, 0.29) is 4.99 Å². The fourth-order valence-electron chi connectivity index (χ4n) is 0.879. The van der Waals surface area contributed by atoms with Gasteiger partial charge in [0.25, 0.3) is 0 Å². The van der Waals surface area contributed by atoms with E-state index in [1.165, 1.54) is 0 Å². The molecule has 0 aromatic carbocycles. The van der Waals surface area contributed by atoms with E-state index in [1.54, 1.807) is 6.92 Å². The molecule has 9 heteroatoms. The average Bonchev–Trinajstić information content (AvgIpc) is 2.10. The van der Waals surface area contributed by atoms with E-state index in [2.05, 4.69) is 16.9 Å². The first-order valence-electron chi connectivity index (χ1n) is 4.54. The van der Waals surface area contributed by atoms with Gasteiger partial charge in [-0.2, -0.15) is 0 Å². The molecule has 0 rings (SSSR count). The highest BCUT2D eigenvalue weighted by Crippen LogP contribution is 1.97. The fourth-order valence-corrected chi connectivity index (χ4v) is 4.11. The van der Waals surface area contributed by atoms with Gasteiger partial charge in [0, 0.05) is 6.26 Å². The zero-order valence-corrected chi connectivity index (χ0v) is 11.6. The SMILES string of the molecule is CCC(NS(=O)(=O)CCS(C)(=O)=O)C(N)=S. The van der Waals surface area contributed by atoms with E-state index in [4.69, 9.17) is 5.73 Å². The molecule has 0 aliphatic rings. The van der Waals surface area contributed by atoms with E-state index >= 15 is 0 Å². The van der Waals surface area contributed by atoms with Crippen molar-refractivity contribution >= 4 is 37.1 Å². The Morgan fingerprint density at radius 1 is 1.31 bits per heavy atom. The van der Waals surface area contributed by atoms with Gasteiger partial charge in [-0.15, -0.1) is 0 Å². The highest BCUT2D eigenvalue weighted by atomic mass is 32.2. The van der Waals surface area contributed by atoms with Gasteiger partial charge in [0.15, 0.2) is 0 Å². The second-order valence-corrected chi connectivity index (χ2v) is 8.03. The lowest BCUT2D eigenvalue weighted by molar-refractivity contribution is 0.571. The van der Waals surface area contributed by atoms with Crippen LogP contribution in [0.2, 0.25) is 0 Å². The predicted molar refractivity (Wildman–Crippen MR) is 67.5 cm³/mol. The molecule has 0 heterocycles. The maximum Gasteiger partial charge on any atom is 0.213 e. The zero-order chi connectivity index (χ0) is 13.0. The molecule has 0 amide bonds. The fraction of sp³-hybridized carbons (Fsp3) is 0.857. The number of sulfone groups is 1. The Bertz CT molecular complexity index is 440. The number of thiocarbonyl (C=S) groups is 1. The van der Waals surface area contributed by atoms with Crippen molar-refractivity contribution < 1.29 is 16.8 Å². The van der Waals surface area contributed by atoms with Gasteiger partial charge in [-0.1, -0.05) is 19.1 Å². The molecule has 0 spiro atoms. The minimum Gasteiger partial charge on any atom is -0.392 e. The molecular weight excluding hydrogens is 272 g/mol. The average molecular weight is 288 g/mol. The molecule has 0 aromatic rings. The zero-order valence-electron chi connectivity index (χ0n) is 9.13. The first-order valence-corrected chi connectivity index (χ1v) is 8.66. The van der Waals surface area contributed by atoms with Gasteiger partial charge >= 0.3 is 0 Å². The van der Waals surface area contributed by atoms with Gasteiger partial charge in [0.2, 0.25) is 10.0 Å². The summed E-state index contributed by atoms with van der Waals surface area (Å²) in [4.78, 5) is 0.0467. The smallest absolute Gasteiger partial charge is 0.213 e. The maximum absolute atomic E-state index is 11.5. The van der Waals surface area contributed by atoms with Crippen molar-refractivity contribution in [3.05, 3.63) is 0 Å². The summed E-state index contributed by atoms with van der Waals surface area (Å²) < 4.78 is 46.8. The minimum atomic E-state index is -3.67. The van der Waals surface area contributed by atoms with Crippen LogP contribution in [0.25, 0.3) is 0 Å². The van der Waals surface area contributed by atoms with Gasteiger partial charge < -0.3 is 5.73 Å². The van der Waals surface area contributed by atoms with E-state index in [9.17, 15) is 16.8 Å². The van der Waals surface area contributed by atoms with Crippen molar-refractivity contribution in [2.24, 2.45) is 5.73 Å². The highest BCUT2D eigenvalue weighted by molar-refractivity contribution is 7.93. The number of rotatable bonds is 7. The molecule has 0 saturated heterocycles. The molecule has 0 saturated carbocycles. The second kappa shape index (κ2) is 5.89. The first-order chi connectivity index (χ1) is 7.07. The maximum atomic E-state index is 11.5. The molecule has 0 radical (unpaired) electrons.